The lowest BCUT2D eigenvalue weighted by Crippen LogP contribution is -1.95. The minimum absolute atomic E-state index is 0.384. The molecule has 58 valence electrons. The van der Waals surface area contributed by atoms with Crippen molar-refractivity contribution in [3.05, 3.63) is 29.6 Å². The number of hydrogen-bond acceptors (Lipinski definition) is 2. The largest absolute Gasteiger partial charge is 0.296 e. The Labute approximate surface area is 66.3 Å². The van der Waals surface area contributed by atoms with E-state index in [1.165, 1.54) is 0 Å². The molecular formula is C9H11NO. The third-order valence-corrected chi connectivity index (χ3v) is 1.50. The molecule has 1 heterocycles. The lowest BCUT2D eigenvalue weighted by molar-refractivity contribution is 0.111. The van der Waals surface area contributed by atoms with Crippen LogP contribution in [0.15, 0.2) is 18.2 Å². The molecule has 0 aliphatic heterocycles. The third-order valence-electron chi connectivity index (χ3n) is 1.50. The first-order valence-corrected chi connectivity index (χ1v) is 3.66. The minimum Gasteiger partial charge on any atom is -0.296 e. The highest BCUT2D eigenvalue weighted by atomic mass is 16.1. The summed E-state index contributed by atoms with van der Waals surface area (Å²) in [6.07, 6.45) is 0.770. The molecule has 0 aliphatic carbocycles. The van der Waals surface area contributed by atoms with Gasteiger partial charge >= 0.3 is 0 Å². The second-order valence-electron chi connectivity index (χ2n) is 2.76. The van der Waals surface area contributed by atoms with Crippen molar-refractivity contribution in [1.29, 1.82) is 0 Å². The van der Waals surface area contributed by atoms with E-state index in [0.29, 0.717) is 11.6 Å². The Kier molecular flexibility index (Phi) is 2.36. The zero-order chi connectivity index (χ0) is 8.27. The summed E-state index contributed by atoms with van der Waals surface area (Å²) in [6, 6.07) is 5.49. The average Bonchev–Trinajstić information content (AvgIpc) is 2.05. The van der Waals surface area contributed by atoms with E-state index in [2.05, 4.69) is 18.8 Å². The van der Waals surface area contributed by atoms with E-state index in [9.17, 15) is 4.79 Å². The van der Waals surface area contributed by atoms with Crippen LogP contribution >= 0.6 is 0 Å². The highest BCUT2D eigenvalue weighted by Gasteiger charge is 1.99. The molecule has 0 aromatic carbocycles. The number of carbonyl (C=O) groups excluding carboxylic acids is 1. The van der Waals surface area contributed by atoms with Gasteiger partial charge in [-0.2, -0.15) is 0 Å². The van der Waals surface area contributed by atoms with Gasteiger partial charge in [-0.25, -0.2) is 4.98 Å². The predicted molar refractivity (Wildman–Crippen MR) is 43.7 cm³/mol. The smallest absolute Gasteiger partial charge is 0.168 e. The molecule has 0 radical (unpaired) electrons. The van der Waals surface area contributed by atoms with Gasteiger partial charge in [0.25, 0.3) is 0 Å². The van der Waals surface area contributed by atoms with Crippen molar-refractivity contribution in [1.82, 2.24) is 4.98 Å². The van der Waals surface area contributed by atoms with Gasteiger partial charge in [0.15, 0.2) is 6.29 Å². The first kappa shape index (κ1) is 7.92. The van der Waals surface area contributed by atoms with Crippen LogP contribution in [0.2, 0.25) is 0 Å². The zero-order valence-electron chi connectivity index (χ0n) is 6.74. The highest BCUT2D eigenvalue weighted by Crippen LogP contribution is 2.10. The van der Waals surface area contributed by atoms with Crippen LogP contribution in [0.3, 0.4) is 0 Å². The van der Waals surface area contributed by atoms with E-state index in [1.807, 2.05) is 12.1 Å². The Morgan fingerprint density at radius 2 is 2.18 bits per heavy atom. The van der Waals surface area contributed by atoms with E-state index < -0.39 is 0 Å². The Morgan fingerprint density at radius 1 is 1.45 bits per heavy atom. The predicted octanol–water partition coefficient (Wildman–Crippen LogP) is 2.02. The maximum atomic E-state index is 10.3. The van der Waals surface area contributed by atoms with Crippen LogP contribution in [0.5, 0.6) is 0 Å². The summed E-state index contributed by atoms with van der Waals surface area (Å²) in [5.41, 5.74) is 1.48. The zero-order valence-corrected chi connectivity index (χ0v) is 6.74. The van der Waals surface area contributed by atoms with Gasteiger partial charge in [0.2, 0.25) is 0 Å². The molecular weight excluding hydrogens is 138 g/mol. The fourth-order valence-corrected chi connectivity index (χ4v) is 0.856. The number of pyridine rings is 1. The molecule has 0 N–H and O–H groups in total. The average molecular weight is 149 g/mol. The summed E-state index contributed by atoms with van der Waals surface area (Å²) >= 11 is 0. The van der Waals surface area contributed by atoms with Crippen LogP contribution < -0.4 is 0 Å². The summed E-state index contributed by atoms with van der Waals surface area (Å²) in [7, 11) is 0. The van der Waals surface area contributed by atoms with Gasteiger partial charge in [-0.3, -0.25) is 4.79 Å². The molecule has 0 unspecified atom stereocenters. The fourth-order valence-electron chi connectivity index (χ4n) is 0.856. The first-order valence-electron chi connectivity index (χ1n) is 3.66. The number of rotatable bonds is 2. The molecule has 0 atom stereocenters. The van der Waals surface area contributed by atoms with Crippen molar-refractivity contribution in [2.24, 2.45) is 0 Å². The Hall–Kier alpha value is -1.18. The number of aromatic nitrogens is 1. The van der Waals surface area contributed by atoms with Crippen molar-refractivity contribution in [2.45, 2.75) is 19.8 Å². The lowest BCUT2D eigenvalue weighted by Gasteiger charge is -2.02. The molecule has 0 bridgehead atoms. The SMILES string of the molecule is CC(C)c1cccc(C=O)n1. The Bertz CT molecular complexity index is 255. The molecule has 0 amide bonds. The Balaban J connectivity index is 3.00. The number of hydrogen-bond donors (Lipinski definition) is 0. The standard InChI is InChI=1S/C9H11NO/c1-7(2)9-5-3-4-8(6-11)10-9/h3-7H,1-2H3. The van der Waals surface area contributed by atoms with Crippen LogP contribution in [0, 0.1) is 0 Å². The number of carbonyl (C=O) groups is 1. The first-order chi connectivity index (χ1) is 5.24. The lowest BCUT2D eigenvalue weighted by atomic mass is 10.1. The fraction of sp³-hybridized carbons (Fsp3) is 0.333. The van der Waals surface area contributed by atoms with Crippen molar-refractivity contribution in [3.63, 3.8) is 0 Å². The van der Waals surface area contributed by atoms with E-state index in [-0.39, 0.29) is 0 Å². The van der Waals surface area contributed by atoms with E-state index in [1.54, 1.807) is 6.07 Å². The van der Waals surface area contributed by atoms with Crippen LogP contribution in [-0.2, 0) is 0 Å². The van der Waals surface area contributed by atoms with Gasteiger partial charge < -0.3 is 0 Å². The van der Waals surface area contributed by atoms with Crippen molar-refractivity contribution in [2.75, 3.05) is 0 Å². The van der Waals surface area contributed by atoms with Gasteiger partial charge in [0.1, 0.15) is 5.69 Å². The molecule has 1 aromatic rings. The Morgan fingerprint density at radius 3 is 2.73 bits per heavy atom. The van der Waals surface area contributed by atoms with Crippen molar-refractivity contribution < 1.29 is 4.79 Å². The molecule has 0 saturated carbocycles. The van der Waals surface area contributed by atoms with Crippen molar-refractivity contribution in [3.8, 4) is 0 Å². The van der Waals surface area contributed by atoms with Gasteiger partial charge in [-0.15, -0.1) is 0 Å². The number of nitrogens with zero attached hydrogens (tertiary/aromatic N) is 1. The highest BCUT2D eigenvalue weighted by molar-refractivity contribution is 5.71. The monoisotopic (exact) mass is 149 g/mol. The molecule has 2 nitrogen and oxygen atoms in total. The molecule has 1 rings (SSSR count). The molecule has 0 saturated heterocycles. The van der Waals surface area contributed by atoms with Gasteiger partial charge in [0, 0.05) is 5.69 Å². The van der Waals surface area contributed by atoms with Crippen LogP contribution in [0.25, 0.3) is 0 Å². The normalized spacial score (nSPS) is 10.1. The summed E-state index contributed by atoms with van der Waals surface area (Å²) in [5, 5.41) is 0. The molecule has 0 aliphatic rings. The van der Waals surface area contributed by atoms with Gasteiger partial charge in [-0.1, -0.05) is 19.9 Å². The molecule has 0 fully saturated rings. The summed E-state index contributed by atoms with van der Waals surface area (Å²) in [6.45, 7) is 4.10. The van der Waals surface area contributed by atoms with Crippen LogP contribution in [0.1, 0.15) is 35.9 Å². The molecule has 2 heteroatoms. The van der Waals surface area contributed by atoms with Crippen LogP contribution in [-0.4, -0.2) is 11.3 Å². The quantitative estimate of drug-likeness (QED) is 0.602. The molecule has 0 spiro atoms. The van der Waals surface area contributed by atoms with E-state index in [4.69, 9.17) is 0 Å². The summed E-state index contributed by atoms with van der Waals surface area (Å²) < 4.78 is 0. The maximum Gasteiger partial charge on any atom is 0.168 e. The second kappa shape index (κ2) is 3.28. The molecule has 1 aromatic heterocycles. The van der Waals surface area contributed by atoms with Gasteiger partial charge in [0.05, 0.1) is 0 Å². The third kappa shape index (κ3) is 1.87. The summed E-state index contributed by atoms with van der Waals surface area (Å²) in [5.74, 6) is 0.384. The topological polar surface area (TPSA) is 30.0 Å². The van der Waals surface area contributed by atoms with E-state index >= 15 is 0 Å². The second-order valence-corrected chi connectivity index (χ2v) is 2.76. The minimum atomic E-state index is 0.384. The van der Waals surface area contributed by atoms with Crippen LogP contribution in [0.4, 0.5) is 0 Å². The van der Waals surface area contributed by atoms with Crippen molar-refractivity contribution >= 4 is 6.29 Å². The van der Waals surface area contributed by atoms with E-state index in [0.717, 1.165) is 12.0 Å². The maximum absolute atomic E-state index is 10.3. The summed E-state index contributed by atoms with van der Waals surface area (Å²) in [4.78, 5) is 14.4. The molecule has 11 heavy (non-hydrogen) atoms. The van der Waals surface area contributed by atoms with Gasteiger partial charge in [-0.05, 0) is 18.1 Å². The number of aldehydes is 1.